The molecule has 178 valence electrons. The largest absolute Gasteiger partial charge is 0.465 e. The first kappa shape index (κ1) is 25.1. The number of nitrogens with zero attached hydrogens (tertiary/aromatic N) is 2. The Bertz CT molecular complexity index is 1110. The number of anilines is 2. The lowest BCUT2D eigenvalue weighted by atomic mass is 10.1. The first-order chi connectivity index (χ1) is 16.2. The second kappa shape index (κ2) is 11.1. The maximum atomic E-state index is 13.3. The molecule has 0 aliphatic carbocycles. The number of hydrogen-bond donors (Lipinski definition) is 1. The van der Waals surface area contributed by atoms with E-state index < -0.39 is 29.8 Å². The molecule has 34 heavy (non-hydrogen) atoms. The van der Waals surface area contributed by atoms with Gasteiger partial charge in [-0.25, -0.2) is 4.79 Å². The van der Waals surface area contributed by atoms with Crippen molar-refractivity contribution in [3.8, 4) is 0 Å². The number of nitrogens with one attached hydrogen (secondary N) is 1. The van der Waals surface area contributed by atoms with Crippen molar-refractivity contribution in [2.45, 2.75) is 19.4 Å². The highest BCUT2D eigenvalue weighted by Gasteiger charge is 2.45. The Balaban J connectivity index is 1.79. The number of carbonyl (C=O) groups excluding carboxylic acids is 4. The van der Waals surface area contributed by atoms with E-state index in [0.29, 0.717) is 22.0 Å². The van der Waals surface area contributed by atoms with Crippen molar-refractivity contribution in [3.63, 3.8) is 0 Å². The van der Waals surface area contributed by atoms with Crippen LogP contribution < -0.4 is 10.2 Å². The minimum absolute atomic E-state index is 0.0839. The molecule has 1 N–H and O–H groups in total. The van der Waals surface area contributed by atoms with Crippen LogP contribution >= 0.6 is 23.8 Å². The number of esters is 2. The van der Waals surface area contributed by atoms with Crippen molar-refractivity contribution in [3.05, 3.63) is 59.1 Å². The van der Waals surface area contributed by atoms with Crippen LogP contribution in [-0.2, 0) is 23.9 Å². The number of rotatable bonds is 8. The minimum Gasteiger partial charge on any atom is -0.465 e. The normalized spacial score (nSPS) is 15.3. The Morgan fingerprint density at radius 1 is 1.09 bits per heavy atom. The monoisotopic (exact) mass is 503 g/mol. The van der Waals surface area contributed by atoms with Crippen molar-refractivity contribution in [2.24, 2.45) is 0 Å². The number of benzene rings is 2. The minimum atomic E-state index is -1.01. The summed E-state index contributed by atoms with van der Waals surface area (Å²) in [6.45, 7) is 1.55. The molecule has 0 saturated carbocycles. The van der Waals surface area contributed by atoms with Crippen molar-refractivity contribution in [1.29, 1.82) is 0 Å². The highest BCUT2D eigenvalue weighted by Crippen LogP contribution is 2.28. The fourth-order valence-electron chi connectivity index (χ4n) is 3.38. The van der Waals surface area contributed by atoms with Crippen LogP contribution in [0.25, 0.3) is 0 Å². The van der Waals surface area contributed by atoms with Gasteiger partial charge in [0, 0.05) is 10.7 Å². The topological polar surface area (TPSA) is 105 Å². The van der Waals surface area contributed by atoms with Crippen molar-refractivity contribution < 1.29 is 28.7 Å². The van der Waals surface area contributed by atoms with E-state index in [1.54, 1.807) is 43.3 Å². The molecule has 0 aromatic heterocycles. The molecule has 3 rings (SSSR count). The number of thiocarbonyl (C=S) groups is 1. The molecule has 2 amide bonds. The van der Waals surface area contributed by atoms with Crippen LogP contribution in [0.4, 0.5) is 11.4 Å². The average molecular weight is 504 g/mol. The van der Waals surface area contributed by atoms with Gasteiger partial charge in [0.2, 0.25) is 5.91 Å². The fraction of sp³-hybridized carbons (Fsp3) is 0.261. The second-order valence-corrected chi connectivity index (χ2v) is 8.00. The zero-order chi connectivity index (χ0) is 24.8. The molecule has 11 heteroatoms. The number of methoxy groups -OCH3 is 1. The smallest absolute Gasteiger partial charge is 0.337 e. The third kappa shape index (κ3) is 5.70. The van der Waals surface area contributed by atoms with Crippen LogP contribution in [0.5, 0.6) is 0 Å². The van der Waals surface area contributed by atoms with Gasteiger partial charge < -0.3 is 19.7 Å². The van der Waals surface area contributed by atoms with Gasteiger partial charge in [-0.15, -0.1) is 0 Å². The van der Waals surface area contributed by atoms with E-state index in [-0.39, 0.29) is 24.7 Å². The van der Waals surface area contributed by atoms with Crippen LogP contribution in [0.3, 0.4) is 0 Å². The zero-order valence-electron chi connectivity index (χ0n) is 18.4. The van der Waals surface area contributed by atoms with Crippen molar-refractivity contribution in [1.82, 2.24) is 4.90 Å². The fourth-order valence-corrected chi connectivity index (χ4v) is 3.90. The van der Waals surface area contributed by atoms with E-state index in [1.807, 2.05) is 0 Å². The van der Waals surface area contributed by atoms with Gasteiger partial charge in [-0.1, -0.05) is 11.6 Å². The first-order valence-corrected chi connectivity index (χ1v) is 11.1. The van der Waals surface area contributed by atoms with Crippen LogP contribution in [0, 0.1) is 0 Å². The maximum absolute atomic E-state index is 13.3. The van der Waals surface area contributed by atoms with E-state index in [1.165, 1.54) is 29.0 Å². The quantitative estimate of drug-likeness (QED) is 0.433. The Hall–Kier alpha value is -3.50. The summed E-state index contributed by atoms with van der Waals surface area (Å²) >= 11 is 11.4. The molecule has 0 radical (unpaired) electrons. The van der Waals surface area contributed by atoms with Crippen molar-refractivity contribution >= 4 is 64.1 Å². The Morgan fingerprint density at radius 3 is 2.32 bits per heavy atom. The zero-order valence-corrected chi connectivity index (χ0v) is 20.0. The molecular weight excluding hydrogens is 482 g/mol. The summed E-state index contributed by atoms with van der Waals surface area (Å²) in [4.78, 5) is 52.4. The average Bonchev–Trinajstić information content (AvgIpc) is 3.03. The molecule has 0 spiro atoms. The van der Waals surface area contributed by atoms with Gasteiger partial charge in [0.25, 0.3) is 5.91 Å². The molecule has 0 bridgehead atoms. The Labute approximate surface area is 206 Å². The van der Waals surface area contributed by atoms with E-state index in [9.17, 15) is 19.2 Å². The van der Waals surface area contributed by atoms with Gasteiger partial charge in [-0.05, 0) is 67.7 Å². The van der Waals surface area contributed by atoms with Gasteiger partial charge in [0.05, 0.1) is 31.4 Å². The lowest BCUT2D eigenvalue weighted by molar-refractivity contribution is -0.144. The first-order valence-electron chi connectivity index (χ1n) is 10.3. The number of ether oxygens (including phenoxy) is 2. The van der Waals surface area contributed by atoms with Gasteiger partial charge in [0.1, 0.15) is 12.6 Å². The van der Waals surface area contributed by atoms with Crippen LogP contribution in [-0.4, -0.2) is 60.1 Å². The Morgan fingerprint density at radius 2 is 1.74 bits per heavy atom. The molecule has 1 saturated heterocycles. The second-order valence-electron chi connectivity index (χ2n) is 7.20. The molecule has 1 atom stereocenters. The van der Waals surface area contributed by atoms with E-state index >= 15 is 0 Å². The van der Waals surface area contributed by atoms with Gasteiger partial charge >= 0.3 is 11.9 Å². The van der Waals surface area contributed by atoms with E-state index in [2.05, 4.69) is 10.1 Å². The molecule has 2 aromatic carbocycles. The molecule has 1 aliphatic heterocycles. The van der Waals surface area contributed by atoms with Crippen LogP contribution in [0.15, 0.2) is 48.5 Å². The lowest BCUT2D eigenvalue weighted by Crippen LogP contribution is -2.41. The molecular formula is C23H22ClN3O6S. The predicted molar refractivity (Wildman–Crippen MR) is 130 cm³/mol. The summed E-state index contributed by atoms with van der Waals surface area (Å²) in [6.07, 6.45) is -0.263. The summed E-state index contributed by atoms with van der Waals surface area (Å²) in [5, 5.41) is 3.25. The summed E-state index contributed by atoms with van der Waals surface area (Å²) in [6, 6.07) is 11.6. The third-order valence-electron chi connectivity index (χ3n) is 4.98. The maximum Gasteiger partial charge on any atom is 0.337 e. The van der Waals surface area contributed by atoms with E-state index in [4.69, 9.17) is 28.6 Å². The van der Waals surface area contributed by atoms with Gasteiger partial charge in [-0.3, -0.25) is 19.3 Å². The highest BCUT2D eigenvalue weighted by molar-refractivity contribution is 7.80. The Kier molecular flexibility index (Phi) is 8.19. The summed E-state index contributed by atoms with van der Waals surface area (Å²) < 4.78 is 9.66. The third-order valence-corrected chi connectivity index (χ3v) is 5.65. The number of carbonyl (C=O) groups is 4. The molecule has 1 aliphatic rings. The molecule has 0 unspecified atom stereocenters. The molecule has 1 fully saturated rings. The number of amides is 2. The van der Waals surface area contributed by atoms with Crippen molar-refractivity contribution in [2.75, 3.05) is 30.5 Å². The van der Waals surface area contributed by atoms with Gasteiger partial charge in [-0.2, -0.15) is 0 Å². The molecule has 2 aromatic rings. The molecule has 9 nitrogen and oxygen atoms in total. The highest BCUT2D eigenvalue weighted by atomic mass is 35.5. The predicted octanol–water partition coefficient (Wildman–Crippen LogP) is 3.02. The summed E-state index contributed by atoms with van der Waals surface area (Å²) in [5.41, 5.74) is 1.22. The molecule has 1 heterocycles. The van der Waals surface area contributed by atoms with Crippen LogP contribution in [0.2, 0.25) is 5.02 Å². The number of halogens is 1. The standard InChI is InChI=1S/C23H22ClN3O6S/c1-3-33-20(29)13-26-18(21(30)27(23(26)34)17-10-6-15(24)7-11-17)12-19(28)25-16-8-4-14(5-9-16)22(31)32-2/h4-11,18H,3,12-13H2,1-2H3,(H,25,28)/t18-/m1/s1. The number of hydrogen-bond acceptors (Lipinski definition) is 7. The summed E-state index contributed by atoms with van der Waals surface area (Å²) in [7, 11) is 1.27. The van der Waals surface area contributed by atoms with Gasteiger partial charge in [0.15, 0.2) is 5.11 Å². The van der Waals surface area contributed by atoms with E-state index in [0.717, 1.165) is 0 Å². The lowest BCUT2D eigenvalue weighted by Gasteiger charge is -2.22. The SMILES string of the molecule is CCOC(=O)CN1C(=S)N(c2ccc(Cl)cc2)C(=O)[C@H]1CC(=O)Nc1ccc(C(=O)OC)cc1. The van der Waals surface area contributed by atoms with Crippen LogP contribution in [0.1, 0.15) is 23.7 Å². The summed E-state index contributed by atoms with van der Waals surface area (Å²) in [5.74, 6) is -1.99.